The van der Waals surface area contributed by atoms with Gasteiger partial charge in [-0.1, -0.05) is 0 Å². The van der Waals surface area contributed by atoms with Crippen LogP contribution in [0.2, 0.25) is 0 Å². The third-order valence-electron chi connectivity index (χ3n) is 3.42. The highest BCUT2D eigenvalue weighted by Gasteiger charge is 2.18. The van der Waals surface area contributed by atoms with Crippen LogP contribution in [0.1, 0.15) is 39.0 Å². The largest absolute Gasteiger partial charge is 0.381 e. The van der Waals surface area contributed by atoms with E-state index < -0.39 is 10.0 Å². The highest BCUT2D eigenvalue weighted by Crippen LogP contribution is 2.19. The molecular formula is C13H28N2O4S. The van der Waals surface area contributed by atoms with Gasteiger partial charge in [0.05, 0.1) is 18.5 Å². The number of sulfonamides is 1. The van der Waals surface area contributed by atoms with Gasteiger partial charge in [0.2, 0.25) is 10.0 Å². The van der Waals surface area contributed by atoms with Gasteiger partial charge in [0, 0.05) is 25.8 Å². The molecule has 0 unspecified atom stereocenters. The van der Waals surface area contributed by atoms with E-state index in [9.17, 15) is 8.42 Å². The van der Waals surface area contributed by atoms with Gasteiger partial charge in [0.25, 0.3) is 0 Å². The van der Waals surface area contributed by atoms with Crippen molar-refractivity contribution in [3.05, 3.63) is 0 Å². The van der Waals surface area contributed by atoms with Crippen LogP contribution in [0, 0.1) is 0 Å². The van der Waals surface area contributed by atoms with E-state index in [1.165, 1.54) is 0 Å². The minimum absolute atomic E-state index is 0.0161. The van der Waals surface area contributed by atoms with Crippen LogP contribution in [0.25, 0.3) is 0 Å². The van der Waals surface area contributed by atoms with Crippen molar-refractivity contribution in [3.8, 4) is 0 Å². The molecule has 1 fully saturated rings. The summed E-state index contributed by atoms with van der Waals surface area (Å²) in [6.45, 7) is 3.63. The van der Waals surface area contributed by atoms with Crippen LogP contribution >= 0.6 is 0 Å². The van der Waals surface area contributed by atoms with Gasteiger partial charge >= 0.3 is 0 Å². The maximum absolute atomic E-state index is 11.6. The Bertz CT molecular complexity index is 340. The molecular weight excluding hydrogens is 280 g/mol. The molecule has 7 heteroatoms. The van der Waals surface area contributed by atoms with Crippen molar-refractivity contribution < 1.29 is 17.9 Å². The van der Waals surface area contributed by atoms with E-state index in [1.54, 1.807) is 0 Å². The number of ether oxygens (including phenoxy) is 2. The summed E-state index contributed by atoms with van der Waals surface area (Å²) in [7, 11) is -3.21. The van der Waals surface area contributed by atoms with Gasteiger partial charge in [-0.2, -0.15) is 0 Å². The van der Waals surface area contributed by atoms with Gasteiger partial charge in [-0.05, 0) is 39.0 Å². The van der Waals surface area contributed by atoms with E-state index in [0.717, 1.165) is 25.7 Å². The first-order valence-corrected chi connectivity index (χ1v) is 9.11. The third kappa shape index (κ3) is 8.16. The molecule has 1 saturated carbocycles. The Morgan fingerprint density at radius 2 is 1.90 bits per heavy atom. The second-order valence-corrected chi connectivity index (χ2v) is 7.10. The Hall–Kier alpha value is -0.210. The van der Waals surface area contributed by atoms with Crippen LogP contribution in [0.5, 0.6) is 0 Å². The lowest BCUT2D eigenvalue weighted by atomic mass is 9.94. The Morgan fingerprint density at radius 1 is 1.20 bits per heavy atom. The molecule has 20 heavy (non-hydrogen) atoms. The average Bonchev–Trinajstić information content (AvgIpc) is 2.40. The third-order valence-corrected chi connectivity index (χ3v) is 4.76. The molecule has 6 nitrogen and oxygen atoms in total. The molecule has 1 aliphatic carbocycles. The van der Waals surface area contributed by atoms with Gasteiger partial charge in [0.15, 0.2) is 0 Å². The Kier molecular flexibility index (Phi) is 8.63. The highest BCUT2D eigenvalue weighted by molar-refractivity contribution is 7.89. The van der Waals surface area contributed by atoms with Crippen molar-refractivity contribution in [2.24, 2.45) is 5.73 Å². The predicted octanol–water partition coefficient (Wildman–Crippen LogP) is 0.619. The van der Waals surface area contributed by atoms with E-state index in [-0.39, 0.29) is 12.4 Å². The molecule has 0 aromatic rings. The predicted molar refractivity (Wildman–Crippen MR) is 79.1 cm³/mol. The molecule has 0 spiro atoms. The van der Waals surface area contributed by atoms with E-state index in [1.807, 2.05) is 6.92 Å². The lowest BCUT2D eigenvalue weighted by molar-refractivity contribution is 0.0245. The zero-order valence-corrected chi connectivity index (χ0v) is 13.2. The van der Waals surface area contributed by atoms with Crippen LogP contribution in [0.4, 0.5) is 0 Å². The molecule has 0 radical (unpaired) electrons. The van der Waals surface area contributed by atoms with Crippen LogP contribution in [0.15, 0.2) is 0 Å². The number of nitrogens with one attached hydrogen (secondary N) is 1. The molecule has 1 aliphatic rings. The summed E-state index contributed by atoms with van der Waals surface area (Å²) in [5, 5.41) is 0. The zero-order valence-electron chi connectivity index (χ0n) is 12.3. The van der Waals surface area contributed by atoms with Gasteiger partial charge in [-0.3, -0.25) is 0 Å². The van der Waals surface area contributed by atoms with E-state index >= 15 is 0 Å². The number of rotatable bonds is 10. The van der Waals surface area contributed by atoms with Crippen molar-refractivity contribution in [3.63, 3.8) is 0 Å². The van der Waals surface area contributed by atoms with Gasteiger partial charge in [-0.25, -0.2) is 13.1 Å². The molecule has 0 atom stereocenters. The molecule has 1 rings (SSSR count). The number of nitrogens with two attached hydrogens (primary N) is 1. The molecule has 0 bridgehead atoms. The lowest BCUT2D eigenvalue weighted by Gasteiger charge is -2.26. The fraction of sp³-hybridized carbons (Fsp3) is 1.00. The van der Waals surface area contributed by atoms with E-state index in [4.69, 9.17) is 15.2 Å². The van der Waals surface area contributed by atoms with Gasteiger partial charge in [0.1, 0.15) is 0 Å². The summed E-state index contributed by atoms with van der Waals surface area (Å²) >= 11 is 0. The SMILES string of the molecule is CCOCCS(=O)(=O)NCCCOC1CCC(N)CC1. The van der Waals surface area contributed by atoms with Gasteiger partial charge < -0.3 is 15.2 Å². The average molecular weight is 308 g/mol. The number of hydrogen-bond acceptors (Lipinski definition) is 5. The maximum atomic E-state index is 11.6. The summed E-state index contributed by atoms with van der Waals surface area (Å²) in [6, 6.07) is 0.326. The molecule has 0 amide bonds. The van der Waals surface area contributed by atoms with Crippen molar-refractivity contribution in [2.75, 3.05) is 32.1 Å². The van der Waals surface area contributed by atoms with Crippen LogP contribution in [-0.2, 0) is 19.5 Å². The quantitative estimate of drug-likeness (QED) is 0.577. The topological polar surface area (TPSA) is 90.7 Å². The molecule has 0 aliphatic heterocycles. The summed E-state index contributed by atoms with van der Waals surface area (Å²) in [6.07, 6.45) is 5.06. The Morgan fingerprint density at radius 3 is 2.55 bits per heavy atom. The Balaban J connectivity index is 2.01. The fourth-order valence-corrected chi connectivity index (χ4v) is 3.13. The lowest BCUT2D eigenvalue weighted by Crippen LogP contribution is -2.32. The molecule has 0 saturated heterocycles. The van der Waals surface area contributed by atoms with Crippen LogP contribution in [-0.4, -0.2) is 52.7 Å². The second-order valence-electron chi connectivity index (χ2n) is 5.17. The van der Waals surface area contributed by atoms with Crippen molar-refractivity contribution in [1.82, 2.24) is 4.72 Å². The molecule has 120 valence electrons. The fourth-order valence-electron chi connectivity index (χ4n) is 2.19. The van der Waals surface area contributed by atoms with Gasteiger partial charge in [-0.15, -0.1) is 0 Å². The number of hydrogen-bond donors (Lipinski definition) is 2. The Labute approximate surface area is 122 Å². The first-order valence-electron chi connectivity index (χ1n) is 7.45. The minimum Gasteiger partial charge on any atom is -0.381 e. The normalized spacial score (nSPS) is 23.9. The summed E-state index contributed by atoms with van der Waals surface area (Å²) in [5.74, 6) is 0.0161. The summed E-state index contributed by atoms with van der Waals surface area (Å²) in [4.78, 5) is 0. The molecule has 0 aromatic carbocycles. The first-order chi connectivity index (χ1) is 9.53. The molecule has 0 aromatic heterocycles. The second kappa shape index (κ2) is 9.68. The zero-order chi connectivity index (χ0) is 14.8. The monoisotopic (exact) mass is 308 g/mol. The van der Waals surface area contributed by atoms with Crippen molar-refractivity contribution in [1.29, 1.82) is 0 Å². The standard InChI is InChI=1S/C13H28N2O4S/c1-2-18-10-11-20(16,17)15-8-3-9-19-13-6-4-12(14)5-7-13/h12-13,15H,2-11,14H2,1H3. The minimum atomic E-state index is -3.21. The smallest absolute Gasteiger partial charge is 0.213 e. The van der Waals surface area contributed by atoms with Crippen LogP contribution < -0.4 is 10.5 Å². The van der Waals surface area contributed by atoms with Crippen molar-refractivity contribution >= 4 is 10.0 Å². The van der Waals surface area contributed by atoms with Crippen molar-refractivity contribution in [2.45, 2.75) is 51.2 Å². The molecule has 3 N–H and O–H groups in total. The summed E-state index contributed by atoms with van der Waals surface area (Å²) < 4.78 is 36.4. The van der Waals surface area contributed by atoms with E-state index in [2.05, 4.69) is 4.72 Å². The first kappa shape index (κ1) is 17.8. The summed E-state index contributed by atoms with van der Waals surface area (Å²) in [5.41, 5.74) is 5.83. The van der Waals surface area contributed by atoms with E-state index in [0.29, 0.717) is 38.3 Å². The van der Waals surface area contributed by atoms with Crippen LogP contribution in [0.3, 0.4) is 0 Å². The maximum Gasteiger partial charge on any atom is 0.213 e. The highest BCUT2D eigenvalue weighted by atomic mass is 32.2. The molecule has 0 heterocycles.